The van der Waals surface area contributed by atoms with Crippen molar-refractivity contribution in [2.75, 3.05) is 5.73 Å². The molecule has 0 fully saturated rings. The van der Waals surface area contributed by atoms with Crippen molar-refractivity contribution in [1.82, 2.24) is 15.6 Å². The minimum atomic E-state index is -1.25. The molecule has 34 heavy (non-hydrogen) atoms. The highest BCUT2D eigenvalue weighted by Gasteiger charge is 2.26. The second-order valence-electron chi connectivity index (χ2n) is 7.75. The monoisotopic (exact) mass is 492 g/mol. The van der Waals surface area contributed by atoms with Crippen molar-refractivity contribution < 1.29 is 14.7 Å². The molecule has 4 rings (SSSR count). The Balaban J connectivity index is 1.58. The lowest BCUT2D eigenvalue weighted by molar-refractivity contribution is -0.123. The zero-order valence-electron chi connectivity index (χ0n) is 18.2. The van der Waals surface area contributed by atoms with Crippen molar-refractivity contribution in [3.8, 4) is 9.88 Å². The number of nitrogens with one attached hydrogen (secondary N) is 2. The van der Waals surface area contributed by atoms with E-state index in [9.17, 15) is 14.7 Å². The Morgan fingerprint density at radius 2 is 1.65 bits per heavy atom. The van der Waals surface area contributed by atoms with E-state index in [0.717, 1.165) is 26.7 Å². The first-order valence-corrected chi connectivity index (χ1v) is 12.4. The van der Waals surface area contributed by atoms with E-state index in [4.69, 9.17) is 10.7 Å². The van der Waals surface area contributed by atoms with Crippen LogP contribution in [0.4, 0.5) is 10.5 Å². The molecule has 4 aromatic rings. The molecule has 0 bridgehead atoms. The number of aromatic nitrogens is 1. The quantitative estimate of drug-likeness (QED) is 0.252. The van der Waals surface area contributed by atoms with Gasteiger partial charge in [0.2, 0.25) is 5.91 Å². The fourth-order valence-electron chi connectivity index (χ4n) is 3.56. The summed E-state index contributed by atoms with van der Waals surface area (Å²) < 4.78 is 0. The van der Waals surface area contributed by atoms with Crippen molar-refractivity contribution in [1.29, 1.82) is 0 Å². The Hall–Kier alpha value is -3.69. The van der Waals surface area contributed by atoms with Gasteiger partial charge < -0.3 is 21.5 Å². The number of thiophene rings is 1. The lowest BCUT2D eigenvalue weighted by Crippen LogP contribution is -2.48. The topological polar surface area (TPSA) is 117 Å². The summed E-state index contributed by atoms with van der Waals surface area (Å²) >= 11 is 3.12. The number of carbonyl (C=O) groups is 2. The SMILES string of the molecule is Nc1ccc(C[C@H](NC(=O)[C@H](Cc2ccccc2)NC(=O)O)c2csc(-c3cccs3)n2)cc1. The zero-order chi connectivity index (χ0) is 23.9. The van der Waals surface area contributed by atoms with E-state index in [1.165, 1.54) is 11.3 Å². The maximum Gasteiger partial charge on any atom is 0.405 e. The third-order valence-electron chi connectivity index (χ3n) is 5.24. The summed E-state index contributed by atoms with van der Waals surface area (Å²) in [5.74, 6) is -0.405. The maximum atomic E-state index is 13.3. The molecule has 2 atom stereocenters. The minimum Gasteiger partial charge on any atom is -0.465 e. The maximum absolute atomic E-state index is 13.3. The number of anilines is 1. The lowest BCUT2D eigenvalue weighted by atomic mass is 10.0. The van der Waals surface area contributed by atoms with Crippen LogP contribution in [-0.2, 0) is 17.6 Å². The predicted octanol–water partition coefficient (Wildman–Crippen LogP) is 4.73. The van der Waals surface area contributed by atoms with Crippen LogP contribution in [0.2, 0.25) is 0 Å². The second-order valence-corrected chi connectivity index (χ2v) is 9.56. The third-order valence-corrected chi connectivity index (χ3v) is 7.14. The van der Waals surface area contributed by atoms with Crippen LogP contribution in [0.3, 0.4) is 0 Å². The lowest BCUT2D eigenvalue weighted by Gasteiger charge is -2.22. The number of nitrogens with two attached hydrogens (primary N) is 1. The third kappa shape index (κ3) is 6.21. The van der Waals surface area contributed by atoms with E-state index in [1.807, 2.05) is 77.5 Å². The molecule has 0 aliphatic heterocycles. The Morgan fingerprint density at radius 3 is 2.32 bits per heavy atom. The molecule has 2 amide bonds. The van der Waals surface area contributed by atoms with Gasteiger partial charge in [-0.2, -0.15) is 0 Å². The number of amides is 2. The van der Waals surface area contributed by atoms with Gasteiger partial charge in [-0.05, 0) is 41.1 Å². The van der Waals surface area contributed by atoms with E-state index in [-0.39, 0.29) is 6.42 Å². The average Bonchev–Trinajstić information content (AvgIpc) is 3.52. The van der Waals surface area contributed by atoms with Gasteiger partial charge in [0.05, 0.1) is 16.6 Å². The number of carbonyl (C=O) groups excluding carboxylic acids is 1. The first-order valence-electron chi connectivity index (χ1n) is 10.7. The number of carboxylic acid groups (broad SMARTS) is 1. The van der Waals surface area contributed by atoms with E-state index in [2.05, 4.69) is 10.6 Å². The number of nitrogen functional groups attached to an aromatic ring is 1. The van der Waals surface area contributed by atoms with Gasteiger partial charge in [0.1, 0.15) is 11.0 Å². The van der Waals surface area contributed by atoms with Crippen molar-refractivity contribution in [2.45, 2.75) is 24.9 Å². The molecule has 0 saturated heterocycles. The molecule has 174 valence electrons. The predicted molar refractivity (Wildman–Crippen MR) is 136 cm³/mol. The van der Waals surface area contributed by atoms with Gasteiger partial charge in [-0.3, -0.25) is 4.79 Å². The first kappa shape index (κ1) is 23.5. The molecule has 2 aromatic carbocycles. The highest BCUT2D eigenvalue weighted by molar-refractivity contribution is 7.20. The van der Waals surface area contributed by atoms with Crippen LogP contribution in [0, 0.1) is 0 Å². The summed E-state index contributed by atoms with van der Waals surface area (Å²) in [4.78, 5) is 30.5. The molecule has 0 aliphatic carbocycles. The molecule has 0 saturated carbocycles. The van der Waals surface area contributed by atoms with Gasteiger partial charge in [0, 0.05) is 17.5 Å². The van der Waals surface area contributed by atoms with E-state index < -0.39 is 24.1 Å². The molecule has 0 radical (unpaired) electrons. The molecule has 7 nitrogen and oxygen atoms in total. The Morgan fingerprint density at radius 1 is 0.912 bits per heavy atom. The minimum absolute atomic E-state index is 0.241. The van der Waals surface area contributed by atoms with Crippen LogP contribution >= 0.6 is 22.7 Å². The fraction of sp³-hybridized carbons (Fsp3) is 0.160. The van der Waals surface area contributed by atoms with E-state index in [1.54, 1.807) is 11.3 Å². The van der Waals surface area contributed by atoms with Crippen LogP contribution in [-0.4, -0.2) is 28.1 Å². The highest BCUT2D eigenvalue weighted by Crippen LogP contribution is 2.30. The molecule has 0 unspecified atom stereocenters. The van der Waals surface area contributed by atoms with E-state index in [0.29, 0.717) is 12.1 Å². The van der Waals surface area contributed by atoms with Gasteiger partial charge >= 0.3 is 6.09 Å². The number of thiazole rings is 1. The number of hydrogen-bond acceptors (Lipinski definition) is 6. The van der Waals surface area contributed by atoms with E-state index >= 15 is 0 Å². The number of rotatable bonds is 9. The Bertz CT molecular complexity index is 1220. The van der Waals surface area contributed by atoms with Crippen molar-refractivity contribution >= 4 is 40.4 Å². The number of hydrogen-bond donors (Lipinski definition) is 4. The van der Waals surface area contributed by atoms with Gasteiger partial charge in [0.15, 0.2) is 0 Å². The smallest absolute Gasteiger partial charge is 0.405 e. The highest BCUT2D eigenvalue weighted by atomic mass is 32.1. The van der Waals surface area contributed by atoms with Gasteiger partial charge in [-0.1, -0.05) is 48.5 Å². The van der Waals surface area contributed by atoms with Crippen molar-refractivity contribution in [3.63, 3.8) is 0 Å². The molecule has 5 N–H and O–H groups in total. The van der Waals surface area contributed by atoms with Gasteiger partial charge in [0.25, 0.3) is 0 Å². The molecular weight excluding hydrogens is 468 g/mol. The van der Waals surface area contributed by atoms with Crippen molar-refractivity contribution in [3.05, 3.63) is 94.3 Å². The normalized spacial score (nSPS) is 12.6. The largest absolute Gasteiger partial charge is 0.465 e. The molecule has 9 heteroatoms. The van der Waals surface area contributed by atoms with Crippen LogP contribution in [0.5, 0.6) is 0 Å². The standard InChI is InChI=1S/C25H24N4O3S2/c26-18-10-8-17(9-11-18)13-19(21-15-34-24(28-21)22-7-4-12-33-22)27-23(30)20(29-25(31)32)14-16-5-2-1-3-6-16/h1-12,15,19-20,29H,13-14,26H2,(H,27,30)(H,31,32)/t19-,20-/m0/s1. The molecule has 2 heterocycles. The molecular formula is C25H24N4O3S2. The molecule has 2 aromatic heterocycles. The number of nitrogens with zero attached hydrogens (tertiary/aromatic N) is 1. The number of benzene rings is 2. The second kappa shape index (κ2) is 11.0. The molecule has 0 aliphatic rings. The van der Waals surface area contributed by atoms with Crippen LogP contribution < -0.4 is 16.4 Å². The summed E-state index contributed by atoms with van der Waals surface area (Å²) in [5, 5.41) is 19.5. The summed E-state index contributed by atoms with van der Waals surface area (Å²) in [7, 11) is 0. The zero-order valence-corrected chi connectivity index (χ0v) is 19.8. The summed E-state index contributed by atoms with van der Waals surface area (Å²) in [6.07, 6.45) is -0.518. The Labute approximate surface area is 205 Å². The average molecular weight is 493 g/mol. The molecule has 0 spiro atoms. The van der Waals surface area contributed by atoms with Crippen LogP contribution in [0.1, 0.15) is 22.9 Å². The van der Waals surface area contributed by atoms with Gasteiger partial charge in [-0.25, -0.2) is 9.78 Å². The van der Waals surface area contributed by atoms with Crippen molar-refractivity contribution in [2.24, 2.45) is 0 Å². The fourth-order valence-corrected chi connectivity index (χ4v) is 5.25. The van der Waals surface area contributed by atoms with Crippen LogP contribution in [0.25, 0.3) is 9.88 Å². The Kier molecular flexibility index (Phi) is 7.56. The first-order chi connectivity index (χ1) is 16.5. The summed E-state index contributed by atoms with van der Waals surface area (Å²) in [6.45, 7) is 0. The van der Waals surface area contributed by atoms with Crippen LogP contribution in [0.15, 0.2) is 77.5 Å². The summed E-state index contributed by atoms with van der Waals surface area (Å²) in [6, 6.07) is 19.4. The summed E-state index contributed by atoms with van der Waals surface area (Å²) in [5.41, 5.74) is 9.05. The van der Waals surface area contributed by atoms with Gasteiger partial charge in [-0.15, -0.1) is 22.7 Å².